The zero-order valence-electron chi connectivity index (χ0n) is 15.7. The van der Waals surface area contributed by atoms with Crippen LogP contribution in [-0.4, -0.2) is 40.1 Å². The third-order valence-electron chi connectivity index (χ3n) is 6.81. The van der Waals surface area contributed by atoms with E-state index in [1.54, 1.807) is 6.26 Å². The van der Waals surface area contributed by atoms with Gasteiger partial charge in [0.2, 0.25) is 5.58 Å². The first-order chi connectivity index (χ1) is 12.7. The van der Waals surface area contributed by atoms with Crippen LogP contribution in [0.25, 0.3) is 11.1 Å². The normalized spacial score (nSPS) is 32.7. The van der Waals surface area contributed by atoms with E-state index in [4.69, 9.17) is 9.15 Å². The third kappa shape index (κ3) is 3.22. The summed E-state index contributed by atoms with van der Waals surface area (Å²) in [4.78, 5) is 11.7. The minimum atomic E-state index is 0.247. The number of furan rings is 1. The minimum Gasteiger partial charge on any atom is -0.472 e. The van der Waals surface area contributed by atoms with Gasteiger partial charge in [-0.15, -0.1) is 0 Å². The molecule has 4 heterocycles. The largest absolute Gasteiger partial charge is 0.472 e. The van der Waals surface area contributed by atoms with E-state index in [0.29, 0.717) is 11.5 Å². The van der Waals surface area contributed by atoms with Crippen molar-refractivity contribution in [1.29, 1.82) is 0 Å². The molecule has 0 radical (unpaired) electrons. The van der Waals surface area contributed by atoms with Crippen molar-refractivity contribution < 1.29 is 9.15 Å². The van der Waals surface area contributed by atoms with Gasteiger partial charge in [-0.2, -0.15) is 4.98 Å². The molecule has 5 heteroatoms. The lowest BCUT2D eigenvalue weighted by atomic mass is 9.70. The van der Waals surface area contributed by atoms with Crippen molar-refractivity contribution in [2.45, 2.75) is 70.4 Å². The van der Waals surface area contributed by atoms with E-state index in [9.17, 15) is 0 Å². The first kappa shape index (κ1) is 16.5. The predicted molar refractivity (Wildman–Crippen MR) is 100 cm³/mol. The zero-order chi connectivity index (χ0) is 17.5. The summed E-state index contributed by atoms with van der Waals surface area (Å²) in [5.74, 6) is 3.41. The second-order valence-corrected chi connectivity index (χ2v) is 8.58. The van der Waals surface area contributed by atoms with E-state index in [2.05, 4.69) is 14.9 Å². The minimum absolute atomic E-state index is 0.247. The number of hydrogen-bond donors (Lipinski definition) is 0. The molecule has 2 aliphatic carbocycles. The Bertz CT molecular complexity index is 748. The van der Waals surface area contributed by atoms with Gasteiger partial charge in [0.15, 0.2) is 0 Å². The molecule has 0 unspecified atom stereocenters. The van der Waals surface area contributed by atoms with E-state index in [1.807, 2.05) is 13.0 Å². The second kappa shape index (κ2) is 6.84. The van der Waals surface area contributed by atoms with Crippen molar-refractivity contribution in [1.82, 2.24) is 14.9 Å². The summed E-state index contributed by atoms with van der Waals surface area (Å²) in [6.45, 7) is 4.53. The molecule has 0 atom stereocenters. The molecule has 2 bridgehead atoms. The molecule has 140 valence electrons. The molecule has 4 fully saturated rings. The van der Waals surface area contributed by atoms with Gasteiger partial charge in [-0.1, -0.05) is 0 Å². The van der Waals surface area contributed by atoms with Crippen LogP contribution in [0.1, 0.15) is 57.2 Å². The summed E-state index contributed by atoms with van der Waals surface area (Å²) in [6, 6.07) is 2.63. The molecular weight excluding hydrogens is 326 g/mol. The monoisotopic (exact) mass is 355 g/mol. The van der Waals surface area contributed by atoms with E-state index < -0.39 is 0 Å². The van der Waals surface area contributed by atoms with Crippen molar-refractivity contribution >= 4 is 11.1 Å². The van der Waals surface area contributed by atoms with Crippen LogP contribution in [0.2, 0.25) is 0 Å². The van der Waals surface area contributed by atoms with Gasteiger partial charge in [-0.25, -0.2) is 4.98 Å². The number of aryl methyl sites for hydroxylation is 1. The number of ether oxygens (including phenoxy) is 1. The van der Waals surface area contributed by atoms with Crippen LogP contribution in [-0.2, 0) is 0 Å². The Morgan fingerprint density at radius 2 is 1.73 bits per heavy atom. The Morgan fingerprint density at radius 3 is 2.46 bits per heavy atom. The fourth-order valence-corrected chi connectivity index (χ4v) is 5.23. The number of fused-ring (bicyclic) bond motifs is 5. The van der Waals surface area contributed by atoms with Crippen molar-refractivity contribution in [2.24, 2.45) is 11.8 Å². The number of aromatic nitrogens is 2. The molecule has 2 aromatic heterocycles. The summed E-state index contributed by atoms with van der Waals surface area (Å²) >= 11 is 0. The van der Waals surface area contributed by atoms with Crippen molar-refractivity contribution in [3.05, 3.63) is 18.2 Å². The van der Waals surface area contributed by atoms with Crippen molar-refractivity contribution in [3.8, 4) is 5.88 Å². The topological polar surface area (TPSA) is 51.4 Å². The molecule has 0 N–H and O–H groups in total. The van der Waals surface area contributed by atoms with E-state index in [0.717, 1.165) is 42.1 Å². The number of nitrogens with zero attached hydrogens (tertiary/aromatic N) is 3. The summed E-state index contributed by atoms with van der Waals surface area (Å²) < 4.78 is 11.8. The van der Waals surface area contributed by atoms with Gasteiger partial charge in [-0.05, 0) is 83.2 Å². The maximum absolute atomic E-state index is 6.25. The van der Waals surface area contributed by atoms with E-state index in [1.165, 1.54) is 51.6 Å². The summed E-state index contributed by atoms with van der Waals surface area (Å²) in [6.07, 6.45) is 12.5. The molecule has 2 saturated carbocycles. The molecule has 6 rings (SSSR count). The maximum Gasteiger partial charge on any atom is 0.262 e. The standard InChI is InChI=1S/C21H29N3O2/c1-14-22-19-8-11-25-20(19)21(23-14)26-18-4-2-17(3-5-18)24-9-6-15-12-16(13-15)7-10-24/h8,11,15-18H,2-7,9-10,12-13H2,1H3. The third-order valence-corrected chi connectivity index (χ3v) is 6.81. The second-order valence-electron chi connectivity index (χ2n) is 8.58. The molecule has 2 aliphatic heterocycles. The highest BCUT2D eigenvalue weighted by atomic mass is 16.5. The average Bonchev–Trinajstić information content (AvgIpc) is 3.02. The van der Waals surface area contributed by atoms with Crippen LogP contribution < -0.4 is 4.74 Å². The summed E-state index contributed by atoms with van der Waals surface area (Å²) in [5.41, 5.74) is 1.51. The first-order valence-electron chi connectivity index (χ1n) is 10.4. The average molecular weight is 355 g/mol. The van der Waals surface area contributed by atoms with Gasteiger partial charge in [0.1, 0.15) is 17.4 Å². The van der Waals surface area contributed by atoms with Gasteiger partial charge in [0.05, 0.1) is 6.26 Å². The SMILES string of the molecule is Cc1nc(OC2CCC(N3CCC4CC(CC3)C4)CC2)c2occc2n1. The molecule has 2 aromatic rings. The summed E-state index contributed by atoms with van der Waals surface area (Å²) in [5, 5.41) is 0. The predicted octanol–water partition coefficient (Wildman–Crippen LogP) is 4.34. The van der Waals surface area contributed by atoms with E-state index in [-0.39, 0.29) is 6.10 Å². The molecule has 4 aliphatic rings. The van der Waals surface area contributed by atoms with Crippen molar-refractivity contribution in [2.75, 3.05) is 13.1 Å². The maximum atomic E-state index is 6.25. The van der Waals surface area contributed by atoms with Gasteiger partial charge in [0, 0.05) is 12.1 Å². The quantitative estimate of drug-likeness (QED) is 0.819. The van der Waals surface area contributed by atoms with Crippen LogP contribution in [0.5, 0.6) is 5.88 Å². The molecule has 0 aromatic carbocycles. The van der Waals surface area contributed by atoms with Crippen LogP contribution in [0.4, 0.5) is 0 Å². The molecule has 0 spiro atoms. The van der Waals surface area contributed by atoms with Gasteiger partial charge < -0.3 is 14.1 Å². The highest BCUT2D eigenvalue weighted by Gasteiger charge is 2.34. The molecule has 2 saturated heterocycles. The number of rotatable bonds is 3. The van der Waals surface area contributed by atoms with Gasteiger partial charge >= 0.3 is 0 Å². The first-order valence-corrected chi connectivity index (χ1v) is 10.4. The van der Waals surface area contributed by atoms with Crippen LogP contribution in [0.15, 0.2) is 16.7 Å². The fourth-order valence-electron chi connectivity index (χ4n) is 5.23. The van der Waals surface area contributed by atoms with Gasteiger partial charge in [0.25, 0.3) is 5.88 Å². The van der Waals surface area contributed by atoms with E-state index >= 15 is 0 Å². The zero-order valence-corrected chi connectivity index (χ0v) is 15.7. The smallest absolute Gasteiger partial charge is 0.262 e. The van der Waals surface area contributed by atoms with Crippen LogP contribution in [0.3, 0.4) is 0 Å². The highest BCUT2D eigenvalue weighted by molar-refractivity contribution is 5.77. The van der Waals surface area contributed by atoms with Crippen LogP contribution >= 0.6 is 0 Å². The Kier molecular flexibility index (Phi) is 4.35. The molecular formula is C21H29N3O2. The lowest BCUT2D eigenvalue weighted by Gasteiger charge is -2.44. The van der Waals surface area contributed by atoms with Crippen LogP contribution in [0, 0.1) is 18.8 Å². The molecule has 26 heavy (non-hydrogen) atoms. The lowest BCUT2D eigenvalue weighted by molar-refractivity contribution is 0.0442. The number of hydrogen-bond acceptors (Lipinski definition) is 5. The Morgan fingerprint density at radius 1 is 1.00 bits per heavy atom. The van der Waals surface area contributed by atoms with Gasteiger partial charge in [-0.3, -0.25) is 0 Å². The van der Waals surface area contributed by atoms with Crippen molar-refractivity contribution in [3.63, 3.8) is 0 Å². The Labute approximate surface area is 155 Å². The Balaban J connectivity index is 1.19. The fraction of sp³-hybridized carbons (Fsp3) is 0.714. The summed E-state index contributed by atoms with van der Waals surface area (Å²) in [7, 11) is 0. The Hall–Kier alpha value is -1.62. The lowest BCUT2D eigenvalue weighted by Crippen LogP contribution is -2.45. The molecule has 5 nitrogen and oxygen atoms in total. The molecule has 0 amide bonds. The highest BCUT2D eigenvalue weighted by Crippen LogP contribution is 2.41.